The van der Waals surface area contributed by atoms with E-state index >= 15 is 0 Å². The van der Waals surface area contributed by atoms with Gasteiger partial charge in [-0.3, -0.25) is 0 Å². The maximum absolute atomic E-state index is 10.3. The van der Waals surface area contributed by atoms with Gasteiger partial charge >= 0.3 is 12.1 Å². The molecule has 0 radical (unpaired) electrons. The van der Waals surface area contributed by atoms with E-state index in [4.69, 9.17) is 5.11 Å². The van der Waals surface area contributed by atoms with E-state index in [0.29, 0.717) is 0 Å². The average Bonchev–Trinajstić information content (AvgIpc) is 1.63. The van der Waals surface area contributed by atoms with Gasteiger partial charge in [0.05, 0.1) is 0 Å². The van der Waals surface area contributed by atoms with Crippen molar-refractivity contribution in [3.63, 3.8) is 0 Å². The van der Waals surface area contributed by atoms with Crippen LogP contribution in [0.2, 0.25) is 0 Å². The molecule has 0 spiro atoms. The second kappa shape index (κ2) is 4.51. The van der Waals surface area contributed by atoms with Crippen molar-refractivity contribution in [3.05, 3.63) is 12.2 Å². The summed E-state index contributed by atoms with van der Waals surface area (Å²) in [6.45, 7) is 4.54. The molecule has 0 rings (SSSR count). The van der Waals surface area contributed by atoms with Crippen LogP contribution in [0.25, 0.3) is 0 Å². The van der Waals surface area contributed by atoms with Gasteiger partial charge in [0.25, 0.3) is 0 Å². The minimum absolute atomic E-state index is 0. The SMILES string of the molecule is C=C(C)C(=O)OC(=O)O.O. The van der Waals surface area contributed by atoms with Crippen LogP contribution < -0.4 is 0 Å². The van der Waals surface area contributed by atoms with Crippen LogP contribution >= 0.6 is 0 Å². The molecule has 0 saturated carbocycles. The van der Waals surface area contributed by atoms with Gasteiger partial charge in [0.2, 0.25) is 0 Å². The first-order chi connectivity index (χ1) is 4.04. The maximum Gasteiger partial charge on any atom is 0.513 e. The summed E-state index contributed by atoms with van der Waals surface area (Å²) >= 11 is 0. The largest absolute Gasteiger partial charge is 0.513 e. The average molecular weight is 148 g/mol. The Kier molecular flexibility index (Phi) is 5.16. The molecular formula is C5H8O5. The molecule has 0 aliphatic heterocycles. The summed E-state index contributed by atoms with van der Waals surface area (Å²) in [4.78, 5) is 19.9. The fourth-order valence-electron chi connectivity index (χ4n) is 0.166. The first-order valence-electron chi connectivity index (χ1n) is 2.14. The highest BCUT2D eigenvalue weighted by Crippen LogP contribution is 1.90. The zero-order valence-corrected chi connectivity index (χ0v) is 5.38. The first-order valence-corrected chi connectivity index (χ1v) is 2.14. The van der Waals surface area contributed by atoms with Gasteiger partial charge in [0, 0.05) is 5.57 Å². The number of ether oxygens (including phenoxy) is 1. The maximum atomic E-state index is 10.3. The van der Waals surface area contributed by atoms with Gasteiger partial charge in [-0.2, -0.15) is 0 Å². The number of esters is 1. The molecule has 0 unspecified atom stereocenters. The molecular weight excluding hydrogens is 140 g/mol. The molecule has 0 amide bonds. The molecule has 0 saturated heterocycles. The normalized spacial score (nSPS) is 7.30. The van der Waals surface area contributed by atoms with E-state index < -0.39 is 12.1 Å². The Balaban J connectivity index is 0. The summed E-state index contributed by atoms with van der Waals surface area (Å²) in [5.41, 5.74) is 0.0670. The third kappa shape index (κ3) is 4.79. The zero-order valence-electron chi connectivity index (χ0n) is 5.38. The van der Waals surface area contributed by atoms with Crippen molar-refractivity contribution < 1.29 is 24.9 Å². The quantitative estimate of drug-likeness (QED) is 0.320. The number of carbonyl (C=O) groups is 2. The monoisotopic (exact) mass is 148 g/mol. The number of carboxylic acid groups (broad SMARTS) is 1. The van der Waals surface area contributed by atoms with Gasteiger partial charge in [-0.15, -0.1) is 0 Å². The van der Waals surface area contributed by atoms with E-state index in [9.17, 15) is 9.59 Å². The molecule has 0 aromatic carbocycles. The Hall–Kier alpha value is -1.36. The minimum atomic E-state index is -1.61. The topological polar surface area (TPSA) is 95.1 Å². The standard InChI is InChI=1S/C5H6O4.H2O/c1-3(2)4(6)9-5(7)8;/h1H2,2H3,(H,7,8);1H2. The Morgan fingerprint density at radius 1 is 1.50 bits per heavy atom. The molecule has 0 atom stereocenters. The van der Waals surface area contributed by atoms with Crippen molar-refractivity contribution in [2.45, 2.75) is 6.92 Å². The molecule has 58 valence electrons. The highest BCUT2D eigenvalue weighted by Gasteiger charge is 2.07. The van der Waals surface area contributed by atoms with E-state index in [1.807, 2.05) is 0 Å². The van der Waals surface area contributed by atoms with Crippen molar-refractivity contribution >= 4 is 12.1 Å². The van der Waals surface area contributed by atoms with Crippen LogP contribution in [0.5, 0.6) is 0 Å². The molecule has 3 N–H and O–H groups in total. The van der Waals surface area contributed by atoms with E-state index in [0.717, 1.165) is 0 Å². The van der Waals surface area contributed by atoms with Crippen molar-refractivity contribution in [2.24, 2.45) is 0 Å². The van der Waals surface area contributed by atoms with Gasteiger partial charge in [-0.05, 0) is 6.92 Å². The molecule has 0 aliphatic rings. The van der Waals surface area contributed by atoms with Gasteiger partial charge in [0.15, 0.2) is 0 Å². The van der Waals surface area contributed by atoms with Crippen molar-refractivity contribution in [3.8, 4) is 0 Å². The summed E-state index contributed by atoms with van der Waals surface area (Å²) in [7, 11) is 0. The first kappa shape index (κ1) is 11.4. The Labute approximate surface area is 57.2 Å². The summed E-state index contributed by atoms with van der Waals surface area (Å²) in [6, 6.07) is 0. The van der Waals surface area contributed by atoms with Crippen LogP contribution in [0.4, 0.5) is 4.79 Å². The summed E-state index contributed by atoms with van der Waals surface area (Å²) < 4.78 is 3.69. The predicted molar refractivity (Wildman–Crippen MR) is 32.5 cm³/mol. The molecule has 5 heteroatoms. The van der Waals surface area contributed by atoms with Crippen LogP contribution in [0, 0.1) is 0 Å². The summed E-state index contributed by atoms with van der Waals surface area (Å²) in [6.07, 6.45) is -1.61. The molecule has 5 nitrogen and oxygen atoms in total. The fraction of sp³-hybridized carbons (Fsp3) is 0.200. The van der Waals surface area contributed by atoms with Crippen molar-refractivity contribution in [1.29, 1.82) is 0 Å². The highest BCUT2D eigenvalue weighted by molar-refractivity contribution is 5.93. The molecule has 0 bridgehead atoms. The lowest BCUT2D eigenvalue weighted by molar-refractivity contribution is -0.134. The number of rotatable bonds is 1. The highest BCUT2D eigenvalue weighted by atomic mass is 16.7. The van der Waals surface area contributed by atoms with Crippen molar-refractivity contribution in [2.75, 3.05) is 0 Å². The minimum Gasteiger partial charge on any atom is -0.449 e. The Morgan fingerprint density at radius 2 is 1.90 bits per heavy atom. The van der Waals surface area contributed by atoms with Crippen molar-refractivity contribution in [1.82, 2.24) is 0 Å². The number of hydrogen-bond donors (Lipinski definition) is 1. The van der Waals surface area contributed by atoms with Gasteiger partial charge in [-0.1, -0.05) is 6.58 Å². The van der Waals surface area contributed by atoms with Gasteiger partial charge < -0.3 is 15.3 Å². The molecule has 0 fully saturated rings. The van der Waals surface area contributed by atoms with Gasteiger partial charge in [-0.25, -0.2) is 9.59 Å². The van der Waals surface area contributed by atoms with Crippen LogP contribution in [0.3, 0.4) is 0 Å². The van der Waals surface area contributed by atoms with Gasteiger partial charge in [0.1, 0.15) is 0 Å². The predicted octanol–water partition coefficient (Wildman–Crippen LogP) is -0.0410. The van der Waals surface area contributed by atoms with Crippen LogP contribution in [-0.2, 0) is 9.53 Å². The lowest BCUT2D eigenvalue weighted by atomic mass is 10.4. The molecule has 0 aromatic rings. The lowest BCUT2D eigenvalue weighted by Gasteiger charge is -1.93. The second-order valence-electron chi connectivity index (χ2n) is 1.44. The second-order valence-corrected chi connectivity index (χ2v) is 1.44. The molecule has 10 heavy (non-hydrogen) atoms. The fourth-order valence-corrected chi connectivity index (χ4v) is 0.166. The van der Waals surface area contributed by atoms with E-state index in [-0.39, 0.29) is 11.0 Å². The zero-order chi connectivity index (χ0) is 7.44. The molecule has 0 heterocycles. The smallest absolute Gasteiger partial charge is 0.449 e. The number of hydrogen-bond acceptors (Lipinski definition) is 3. The van der Waals surface area contributed by atoms with Crippen LogP contribution in [0.15, 0.2) is 12.2 Å². The Morgan fingerprint density at radius 3 is 2.00 bits per heavy atom. The van der Waals surface area contributed by atoms with E-state index in [2.05, 4.69) is 11.3 Å². The van der Waals surface area contributed by atoms with Crippen LogP contribution in [0.1, 0.15) is 6.92 Å². The van der Waals surface area contributed by atoms with E-state index in [1.54, 1.807) is 0 Å². The third-order valence-corrected chi connectivity index (χ3v) is 0.528. The lowest BCUT2D eigenvalue weighted by Crippen LogP contribution is -2.09. The van der Waals surface area contributed by atoms with E-state index in [1.165, 1.54) is 6.92 Å². The summed E-state index contributed by atoms with van der Waals surface area (Å²) in [5.74, 6) is -0.914. The number of carbonyl (C=O) groups excluding carboxylic acids is 1. The molecule has 0 aliphatic carbocycles. The summed E-state index contributed by atoms with van der Waals surface area (Å²) in [5, 5.41) is 7.85. The van der Waals surface area contributed by atoms with Crippen LogP contribution in [-0.4, -0.2) is 22.7 Å². The Bertz CT molecular complexity index is 159. The third-order valence-electron chi connectivity index (χ3n) is 0.528. The molecule has 0 aromatic heterocycles.